The number of carboxylic acid groups (broad SMARTS) is 1. The molecule has 182 valence electrons. The van der Waals surface area contributed by atoms with Crippen molar-refractivity contribution in [2.75, 3.05) is 13.2 Å². The van der Waals surface area contributed by atoms with E-state index in [0.29, 0.717) is 12.0 Å². The summed E-state index contributed by atoms with van der Waals surface area (Å²) in [4.78, 5) is 37.0. The van der Waals surface area contributed by atoms with Crippen LogP contribution < -0.4 is 10.6 Å². The van der Waals surface area contributed by atoms with Crippen LogP contribution in [0, 0.1) is 5.92 Å². The molecule has 9 heteroatoms. The topological polar surface area (TPSA) is 123 Å². The van der Waals surface area contributed by atoms with Crippen molar-refractivity contribution in [2.24, 2.45) is 13.0 Å². The highest BCUT2D eigenvalue weighted by molar-refractivity contribution is 5.87. The van der Waals surface area contributed by atoms with Crippen LogP contribution in [0.5, 0.6) is 0 Å². The van der Waals surface area contributed by atoms with E-state index in [2.05, 4.69) is 27.9 Å². The summed E-state index contributed by atoms with van der Waals surface area (Å²) >= 11 is 0. The molecule has 0 radical (unpaired) electrons. The fourth-order valence-electron chi connectivity index (χ4n) is 4.38. The number of carboxylic acids is 1. The predicted octanol–water partition coefficient (Wildman–Crippen LogP) is 3.23. The minimum absolute atomic E-state index is 0.0478. The van der Waals surface area contributed by atoms with Crippen molar-refractivity contribution in [1.82, 2.24) is 20.4 Å². The number of benzene rings is 2. The normalized spacial score (nSPS) is 13.9. The fourth-order valence-corrected chi connectivity index (χ4v) is 4.38. The van der Waals surface area contributed by atoms with Gasteiger partial charge >= 0.3 is 12.1 Å². The molecule has 1 aromatic heterocycles. The molecule has 3 aromatic rings. The number of aromatic nitrogens is 2. The molecular weight excluding hydrogens is 448 g/mol. The molecular formula is C26H28N4O5. The highest BCUT2D eigenvalue weighted by atomic mass is 16.5. The molecule has 2 aromatic carbocycles. The van der Waals surface area contributed by atoms with Crippen LogP contribution in [-0.4, -0.2) is 46.0 Å². The van der Waals surface area contributed by atoms with Gasteiger partial charge in [-0.2, -0.15) is 5.10 Å². The van der Waals surface area contributed by atoms with E-state index >= 15 is 0 Å². The first-order chi connectivity index (χ1) is 16.9. The lowest BCUT2D eigenvalue weighted by Gasteiger charge is -2.20. The summed E-state index contributed by atoms with van der Waals surface area (Å²) in [6.07, 6.45) is 2.71. The molecule has 35 heavy (non-hydrogen) atoms. The van der Waals surface area contributed by atoms with E-state index in [1.165, 1.54) is 10.9 Å². The Morgan fingerprint density at radius 3 is 2.26 bits per heavy atom. The van der Waals surface area contributed by atoms with Gasteiger partial charge in [-0.25, -0.2) is 4.79 Å². The van der Waals surface area contributed by atoms with Crippen molar-refractivity contribution < 1.29 is 24.2 Å². The van der Waals surface area contributed by atoms with Crippen LogP contribution in [-0.2, 0) is 21.4 Å². The second-order valence-electron chi connectivity index (χ2n) is 8.54. The van der Waals surface area contributed by atoms with Gasteiger partial charge in [-0.3, -0.25) is 14.3 Å². The number of carbonyl (C=O) groups excluding carboxylic acids is 2. The van der Waals surface area contributed by atoms with Crippen molar-refractivity contribution >= 4 is 18.0 Å². The molecule has 0 aliphatic heterocycles. The first-order valence-electron chi connectivity index (χ1n) is 11.5. The van der Waals surface area contributed by atoms with E-state index < -0.39 is 29.9 Å². The first-order valence-corrected chi connectivity index (χ1v) is 11.5. The summed E-state index contributed by atoms with van der Waals surface area (Å²) in [5.41, 5.74) is 4.87. The molecule has 0 saturated heterocycles. The molecule has 1 aliphatic carbocycles. The maximum atomic E-state index is 12.9. The number of ether oxygens (including phenoxy) is 1. The van der Waals surface area contributed by atoms with Crippen LogP contribution in [0.1, 0.15) is 42.0 Å². The predicted molar refractivity (Wildman–Crippen MR) is 129 cm³/mol. The average molecular weight is 477 g/mol. The number of aliphatic carboxylic acids is 1. The summed E-state index contributed by atoms with van der Waals surface area (Å²) in [6, 6.07) is 15.0. The van der Waals surface area contributed by atoms with Crippen LogP contribution in [0.25, 0.3) is 11.1 Å². The van der Waals surface area contributed by atoms with Crippen LogP contribution in [0.15, 0.2) is 60.9 Å². The number of hydrogen-bond donors (Lipinski definition) is 3. The Balaban J connectivity index is 1.45. The lowest BCUT2D eigenvalue weighted by molar-refractivity contribution is -0.141. The maximum Gasteiger partial charge on any atom is 0.408 e. The van der Waals surface area contributed by atoms with Crippen LogP contribution in [0.3, 0.4) is 0 Å². The molecule has 2 unspecified atom stereocenters. The van der Waals surface area contributed by atoms with Gasteiger partial charge in [0.2, 0.25) is 5.91 Å². The van der Waals surface area contributed by atoms with Crippen molar-refractivity contribution in [3.05, 3.63) is 77.6 Å². The smallest absolute Gasteiger partial charge is 0.408 e. The molecule has 0 fully saturated rings. The molecule has 0 spiro atoms. The number of nitrogens with one attached hydrogen (secondary N) is 2. The third kappa shape index (κ3) is 5.18. The summed E-state index contributed by atoms with van der Waals surface area (Å²) in [5.74, 6) is -2.36. The number of fused-ring (bicyclic) bond motifs is 3. The Labute approximate surface area is 203 Å². The highest BCUT2D eigenvalue weighted by Gasteiger charge is 2.30. The van der Waals surface area contributed by atoms with E-state index in [4.69, 9.17) is 4.74 Å². The third-order valence-corrected chi connectivity index (χ3v) is 6.29. The molecule has 0 bridgehead atoms. The quantitative estimate of drug-likeness (QED) is 0.436. The summed E-state index contributed by atoms with van der Waals surface area (Å²) < 4.78 is 7.10. The van der Waals surface area contributed by atoms with E-state index in [-0.39, 0.29) is 19.1 Å². The van der Waals surface area contributed by atoms with E-state index in [1.807, 2.05) is 36.4 Å². The SMILES string of the molecule is CCC(CNC(=O)C(NC(=O)OCC1c2ccccc2-c2ccccc21)c1cnn(C)c1)C(=O)O. The number of carbonyl (C=O) groups is 3. The minimum Gasteiger partial charge on any atom is -0.481 e. The van der Waals surface area contributed by atoms with Gasteiger partial charge in [0.15, 0.2) is 0 Å². The van der Waals surface area contributed by atoms with Crippen LogP contribution >= 0.6 is 0 Å². The standard InChI is InChI=1S/C26H28N4O5/c1-3-16(25(32)33)12-27-24(31)23(17-13-28-30(2)14-17)29-26(34)35-15-22-20-10-6-4-8-18(20)19-9-5-7-11-21(19)22/h4-11,13-14,16,22-23H,3,12,15H2,1-2H3,(H,27,31)(H,29,34)(H,32,33). The van der Waals surface area contributed by atoms with Gasteiger partial charge in [-0.05, 0) is 28.7 Å². The Morgan fingerprint density at radius 2 is 1.71 bits per heavy atom. The maximum absolute atomic E-state index is 12.9. The third-order valence-electron chi connectivity index (χ3n) is 6.29. The van der Waals surface area contributed by atoms with E-state index in [9.17, 15) is 19.5 Å². The van der Waals surface area contributed by atoms with Gasteiger partial charge in [0.1, 0.15) is 12.6 Å². The molecule has 1 aliphatic rings. The number of amides is 2. The second-order valence-corrected chi connectivity index (χ2v) is 8.54. The molecule has 3 N–H and O–H groups in total. The molecule has 2 atom stereocenters. The van der Waals surface area contributed by atoms with Gasteiger partial charge in [0, 0.05) is 31.3 Å². The van der Waals surface area contributed by atoms with E-state index in [0.717, 1.165) is 22.3 Å². The van der Waals surface area contributed by atoms with Gasteiger partial charge in [-0.15, -0.1) is 0 Å². The largest absolute Gasteiger partial charge is 0.481 e. The van der Waals surface area contributed by atoms with Crippen molar-refractivity contribution in [2.45, 2.75) is 25.3 Å². The number of alkyl carbamates (subject to hydrolysis) is 1. The van der Waals surface area contributed by atoms with E-state index in [1.54, 1.807) is 20.2 Å². The molecule has 1 heterocycles. The fraction of sp³-hybridized carbons (Fsp3) is 0.308. The minimum atomic E-state index is -1.08. The zero-order valence-corrected chi connectivity index (χ0v) is 19.6. The second kappa shape index (κ2) is 10.4. The van der Waals surface area contributed by atoms with Crippen molar-refractivity contribution in [1.29, 1.82) is 0 Å². The zero-order valence-electron chi connectivity index (χ0n) is 19.6. The van der Waals surface area contributed by atoms with Gasteiger partial charge in [-0.1, -0.05) is 55.5 Å². The molecule has 2 amide bonds. The van der Waals surface area contributed by atoms with Gasteiger partial charge in [0.25, 0.3) is 0 Å². The number of hydrogen-bond acceptors (Lipinski definition) is 5. The molecule has 4 rings (SSSR count). The average Bonchev–Trinajstić information content (AvgIpc) is 3.42. The highest BCUT2D eigenvalue weighted by Crippen LogP contribution is 2.44. The summed E-state index contributed by atoms with van der Waals surface area (Å²) in [6.45, 7) is 1.80. The van der Waals surface area contributed by atoms with Crippen molar-refractivity contribution in [3.63, 3.8) is 0 Å². The molecule has 9 nitrogen and oxygen atoms in total. The van der Waals surface area contributed by atoms with Gasteiger partial charge < -0.3 is 20.5 Å². The number of aryl methyl sites for hydroxylation is 1. The Bertz CT molecular complexity index is 1190. The van der Waals surface area contributed by atoms with Crippen LogP contribution in [0.2, 0.25) is 0 Å². The van der Waals surface area contributed by atoms with Gasteiger partial charge in [0.05, 0.1) is 12.1 Å². The Kier molecular flexibility index (Phi) is 7.14. The Morgan fingerprint density at radius 1 is 1.09 bits per heavy atom. The monoisotopic (exact) mass is 476 g/mol. The first kappa shape index (κ1) is 24.0. The van der Waals surface area contributed by atoms with Crippen LogP contribution in [0.4, 0.5) is 4.79 Å². The number of nitrogens with zero attached hydrogens (tertiary/aromatic N) is 2. The summed E-state index contributed by atoms with van der Waals surface area (Å²) in [5, 5.41) is 18.6. The molecule has 0 saturated carbocycles. The summed E-state index contributed by atoms with van der Waals surface area (Å²) in [7, 11) is 1.70. The lowest BCUT2D eigenvalue weighted by atomic mass is 9.98. The lowest BCUT2D eigenvalue weighted by Crippen LogP contribution is -2.43. The van der Waals surface area contributed by atoms with Crippen molar-refractivity contribution in [3.8, 4) is 11.1 Å². The zero-order chi connectivity index (χ0) is 24.9. The number of rotatable bonds is 9. The Hall–Kier alpha value is -4.14.